The molecule has 0 amide bonds. The zero-order chi connectivity index (χ0) is 12.1. The number of anilines is 1. The van der Waals surface area contributed by atoms with Crippen LogP contribution in [0.1, 0.15) is 19.0 Å². The van der Waals surface area contributed by atoms with Gasteiger partial charge < -0.3 is 5.32 Å². The Morgan fingerprint density at radius 1 is 1.50 bits per heavy atom. The van der Waals surface area contributed by atoms with Crippen LogP contribution in [0.2, 0.25) is 0 Å². The molecule has 1 rings (SSSR count). The van der Waals surface area contributed by atoms with Gasteiger partial charge in [0.2, 0.25) is 5.95 Å². The standard InChI is InChI=1S/C9H14N4O2S/c1-4-5-16-8-7(13(14)15)6(2)11-9(10-3)12-8/h4-5H2,1-3H3,(H,10,11,12). The van der Waals surface area contributed by atoms with Crippen LogP contribution in [0.4, 0.5) is 11.6 Å². The fraction of sp³-hybridized carbons (Fsp3) is 0.556. The van der Waals surface area contributed by atoms with Crippen LogP contribution in [0, 0.1) is 17.0 Å². The van der Waals surface area contributed by atoms with Gasteiger partial charge in [-0.05, 0) is 19.1 Å². The van der Waals surface area contributed by atoms with E-state index in [1.807, 2.05) is 6.92 Å². The van der Waals surface area contributed by atoms with Gasteiger partial charge in [0.15, 0.2) is 5.03 Å². The maximum Gasteiger partial charge on any atom is 0.322 e. The summed E-state index contributed by atoms with van der Waals surface area (Å²) in [6.07, 6.45) is 0.944. The van der Waals surface area contributed by atoms with E-state index in [9.17, 15) is 10.1 Å². The predicted molar refractivity (Wildman–Crippen MR) is 64.0 cm³/mol. The van der Waals surface area contributed by atoms with Gasteiger partial charge in [-0.25, -0.2) is 4.98 Å². The van der Waals surface area contributed by atoms with Gasteiger partial charge in [0.25, 0.3) is 0 Å². The second-order valence-electron chi connectivity index (χ2n) is 3.14. The van der Waals surface area contributed by atoms with Gasteiger partial charge in [-0.1, -0.05) is 18.7 Å². The van der Waals surface area contributed by atoms with Crippen molar-refractivity contribution in [3.63, 3.8) is 0 Å². The van der Waals surface area contributed by atoms with Gasteiger partial charge in [0.05, 0.1) is 4.92 Å². The molecular weight excluding hydrogens is 228 g/mol. The maximum atomic E-state index is 10.9. The van der Waals surface area contributed by atoms with Crippen LogP contribution in [0.15, 0.2) is 5.03 Å². The summed E-state index contributed by atoms with van der Waals surface area (Å²) >= 11 is 1.39. The number of nitrogens with zero attached hydrogens (tertiary/aromatic N) is 3. The van der Waals surface area contributed by atoms with Crippen molar-refractivity contribution in [1.82, 2.24) is 9.97 Å². The molecule has 1 heterocycles. The van der Waals surface area contributed by atoms with Gasteiger partial charge in [0, 0.05) is 7.05 Å². The molecule has 6 nitrogen and oxygen atoms in total. The minimum absolute atomic E-state index is 0.0115. The Morgan fingerprint density at radius 2 is 2.19 bits per heavy atom. The van der Waals surface area contributed by atoms with Crippen LogP contribution in [-0.4, -0.2) is 27.7 Å². The molecule has 0 aliphatic carbocycles. The normalized spacial score (nSPS) is 10.2. The van der Waals surface area contributed by atoms with Crippen LogP contribution in [0.5, 0.6) is 0 Å². The second-order valence-corrected chi connectivity index (χ2v) is 4.23. The lowest BCUT2D eigenvalue weighted by Gasteiger charge is -2.05. The topological polar surface area (TPSA) is 81.0 Å². The summed E-state index contributed by atoms with van der Waals surface area (Å²) < 4.78 is 0. The Hall–Kier alpha value is -1.37. The third-order valence-electron chi connectivity index (χ3n) is 1.88. The molecule has 1 aromatic heterocycles. The molecule has 0 saturated heterocycles. The lowest BCUT2D eigenvalue weighted by Crippen LogP contribution is -2.04. The Morgan fingerprint density at radius 3 is 2.69 bits per heavy atom. The first kappa shape index (κ1) is 12.7. The minimum atomic E-state index is -0.424. The summed E-state index contributed by atoms with van der Waals surface area (Å²) in [4.78, 5) is 18.6. The highest BCUT2D eigenvalue weighted by molar-refractivity contribution is 7.99. The summed E-state index contributed by atoms with van der Waals surface area (Å²) in [7, 11) is 1.69. The zero-order valence-corrected chi connectivity index (χ0v) is 10.3. The number of hydrogen-bond acceptors (Lipinski definition) is 6. The van der Waals surface area contributed by atoms with Crippen LogP contribution >= 0.6 is 11.8 Å². The van der Waals surface area contributed by atoms with E-state index in [-0.39, 0.29) is 5.69 Å². The highest BCUT2D eigenvalue weighted by Gasteiger charge is 2.21. The molecule has 0 aliphatic rings. The van der Waals surface area contributed by atoms with Crippen LogP contribution in [0.25, 0.3) is 0 Å². The van der Waals surface area contributed by atoms with Crippen molar-refractivity contribution >= 4 is 23.4 Å². The largest absolute Gasteiger partial charge is 0.357 e. The predicted octanol–water partition coefficient (Wildman–Crippen LogP) is 2.24. The van der Waals surface area contributed by atoms with Crippen LogP contribution in [0.3, 0.4) is 0 Å². The molecule has 0 aromatic carbocycles. The molecule has 0 radical (unpaired) electrons. The van der Waals surface area contributed by atoms with Gasteiger partial charge in [-0.3, -0.25) is 10.1 Å². The van der Waals surface area contributed by atoms with E-state index in [0.29, 0.717) is 16.7 Å². The summed E-state index contributed by atoms with van der Waals surface area (Å²) in [5, 5.41) is 14.1. The average Bonchev–Trinajstić information content (AvgIpc) is 2.24. The number of nitro groups is 1. The molecule has 0 atom stereocenters. The van der Waals surface area contributed by atoms with Crippen molar-refractivity contribution in [2.45, 2.75) is 25.3 Å². The molecule has 7 heteroatoms. The summed E-state index contributed by atoms with van der Waals surface area (Å²) in [6, 6.07) is 0. The summed E-state index contributed by atoms with van der Waals surface area (Å²) in [5.74, 6) is 1.22. The van der Waals surface area contributed by atoms with Crippen molar-refractivity contribution in [3.8, 4) is 0 Å². The molecular formula is C9H14N4O2S. The smallest absolute Gasteiger partial charge is 0.322 e. The van der Waals surface area contributed by atoms with Crippen molar-refractivity contribution < 1.29 is 4.92 Å². The molecule has 16 heavy (non-hydrogen) atoms. The zero-order valence-electron chi connectivity index (χ0n) is 9.48. The molecule has 1 aromatic rings. The van der Waals surface area contributed by atoms with E-state index in [2.05, 4.69) is 15.3 Å². The summed E-state index contributed by atoms with van der Waals surface area (Å²) in [6.45, 7) is 3.64. The molecule has 0 unspecified atom stereocenters. The molecule has 0 spiro atoms. The van der Waals surface area contributed by atoms with Gasteiger partial charge in [0.1, 0.15) is 5.69 Å². The Bertz CT molecular complexity index is 397. The highest BCUT2D eigenvalue weighted by Crippen LogP contribution is 2.30. The lowest BCUT2D eigenvalue weighted by atomic mass is 10.4. The maximum absolute atomic E-state index is 10.9. The first-order valence-electron chi connectivity index (χ1n) is 4.93. The van der Waals surface area contributed by atoms with E-state index in [4.69, 9.17) is 0 Å². The van der Waals surface area contributed by atoms with Gasteiger partial charge >= 0.3 is 5.69 Å². The number of thioether (sulfide) groups is 1. The van der Waals surface area contributed by atoms with E-state index >= 15 is 0 Å². The lowest BCUT2D eigenvalue weighted by molar-refractivity contribution is -0.389. The average molecular weight is 242 g/mol. The molecule has 1 N–H and O–H groups in total. The Labute approximate surface area is 98.0 Å². The third-order valence-corrected chi connectivity index (χ3v) is 3.05. The molecule has 0 fully saturated rings. The first-order valence-corrected chi connectivity index (χ1v) is 5.92. The van der Waals surface area contributed by atoms with Crippen LogP contribution < -0.4 is 5.32 Å². The Kier molecular flexibility index (Phi) is 4.48. The van der Waals surface area contributed by atoms with Crippen molar-refractivity contribution in [2.75, 3.05) is 18.1 Å². The SMILES string of the molecule is CCCSc1nc(NC)nc(C)c1[N+](=O)[O-]. The van der Waals surface area contributed by atoms with E-state index in [1.165, 1.54) is 11.8 Å². The number of rotatable bonds is 5. The van der Waals surface area contributed by atoms with Crippen molar-refractivity contribution in [2.24, 2.45) is 0 Å². The van der Waals surface area contributed by atoms with Crippen molar-refractivity contribution in [1.29, 1.82) is 0 Å². The Balaban J connectivity index is 3.17. The quantitative estimate of drug-likeness (QED) is 0.369. The number of nitrogens with one attached hydrogen (secondary N) is 1. The molecule has 0 aliphatic heterocycles. The monoisotopic (exact) mass is 242 g/mol. The fourth-order valence-corrected chi connectivity index (χ4v) is 2.07. The van der Waals surface area contributed by atoms with Gasteiger partial charge in [-0.15, -0.1) is 0 Å². The van der Waals surface area contributed by atoms with E-state index in [0.717, 1.165) is 12.2 Å². The molecule has 0 bridgehead atoms. The number of hydrogen-bond donors (Lipinski definition) is 1. The minimum Gasteiger partial charge on any atom is -0.357 e. The van der Waals surface area contributed by atoms with Gasteiger partial charge in [-0.2, -0.15) is 4.98 Å². The first-order chi connectivity index (χ1) is 7.60. The van der Waals surface area contributed by atoms with Crippen molar-refractivity contribution in [3.05, 3.63) is 15.8 Å². The molecule has 88 valence electrons. The second kappa shape index (κ2) is 5.64. The molecule has 0 saturated carbocycles. The fourth-order valence-electron chi connectivity index (χ4n) is 1.16. The number of aryl methyl sites for hydroxylation is 1. The van der Waals surface area contributed by atoms with Crippen LogP contribution in [-0.2, 0) is 0 Å². The number of aromatic nitrogens is 2. The summed E-state index contributed by atoms with van der Waals surface area (Å²) in [5.41, 5.74) is 0.403. The highest BCUT2D eigenvalue weighted by atomic mass is 32.2. The van der Waals surface area contributed by atoms with E-state index < -0.39 is 4.92 Å². The third kappa shape index (κ3) is 2.82. The van der Waals surface area contributed by atoms with E-state index in [1.54, 1.807) is 14.0 Å².